The molecule has 1 aromatic heterocycles. The monoisotopic (exact) mass is 451 g/mol. The maximum Gasteiger partial charge on any atom is 0.410 e. The van der Waals surface area contributed by atoms with Crippen molar-refractivity contribution in [2.75, 3.05) is 36.4 Å². The first-order valence-electron chi connectivity index (χ1n) is 10.1. The second-order valence-corrected chi connectivity index (χ2v) is 8.91. The van der Waals surface area contributed by atoms with E-state index >= 15 is 0 Å². The molecule has 11 heteroatoms. The summed E-state index contributed by atoms with van der Waals surface area (Å²) in [5.74, 6) is -1.12. The smallest absolute Gasteiger partial charge is 0.410 e. The summed E-state index contributed by atoms with van der Waals surface area (Å²) in [5.41, 5.74) is -1.88. The maximum absolute atomic E-state index is 14.5. The molecule has 0 aliphatic carbocycles. The number of rotatable bonds is 2. The Kier molecular flexibility index (Phi) is 5.30. The van der Waals surface area contributed by atoms with E-state index < -0.39 is 35.2 Å². The highest BCUT2D eigenvalue weighted by Gasteiger charge is 2.53. The Hall–Kier alpha value is -3.24. The third kappa shape index (κ3) is 3.76. The van der Waals surface area contributed by atoms with Crippen molar-refractivity contribution in [2.45, 2.75) is 38.3 Å². The van der Waals surface area contributed by atoms with E-state index in [0.717, 1.165) is 6.07 Å². The number of fused-ring (bicyclic) bond motifs is 3. The number of alkyl halides is 2. The average Bonchev–Trinajstić information content (AvgIpc) is 2.73. The number of hydrogen-bond acceptors (Lipinski definition) is 7. The first-order valence-corrected chi connectivity index (χ1v) is 10.1. The van der Waals surface area contributed by atoms with Crippen molar-refractivity contribution < 1.29 is 27.8 Å². The van der Waals surface area contributed by atoms with Gasteiger partial charge in [-0.2, -0.15) is 0 Å². The molecule has 4 rings (SSSR count). The van der Waals surface area contributed by atoms with E-state index in [1.165, 1.54) is 28.0 Å². The molecule has 1 amide bonds. The Balaban J connectivity index is 1.70. The summed E-state index contributed by atoms with van der Waals surface area (Å²) in [5, 5.41) is 21.0. The van der Waals surface area contributed by atoms with Crippen LogP contribution in [0.1, 0.15) is 20.8 Å². The number of amides is 1. The van der Waals surface area contributed by atoms with E-state index in [9.17, 15) is 23.1 Å². The van der Waals surface area contributed by atoms with Crippen LogP contribution in [0.25, 0.3) is 11.3 Å². The van der Waals surface area contributed by atoms with E-state index in [1.807, 2.05) is 0 Å². The van der Waals surface area contributed by atoms with Crippen LogP contribution in [0.15, 0.2) is 24.3 Å². The molecule has 172 valence electrons. The Morgan fingerprint density at radius 2 is 2.03 bits per heavy atom. The van der Waals surface area contributed by atoms with Gasteiger partial charge in [-0.1, -0.05) is 6.07 Å². The number of halogens is 3. The number of aromatic hydroxyl groups is 1. The molecule has 2 aliphatic rings. The summed E-state index contributed by atoms with van der Waals surface area (Å²) < 4.78 is 48.1. The van der Waals surface area contributed by atoms with Gasteiger partial charge in [-0.05, 0) is 39.0 Å². The molecule has 0 saturated carbocycles. The van der Waals surface area contributed by atoms with E-state index in [1.54, 1.807) is 20.8 Å². The van der Waals surface area contributed by atoms with E-state index in [-0.39, 0.29) is 37.4 Å². The lowest BCUT2D eigenvalue weighted by Gasteiger charge is -2.53. The molecule has 8 nitrogen and oxygen atoms in total. The largest absolute Gasteiger partial charge is 0.504 e. The third-order valence-corrected chi connectivity index (χ3v) is 5.54. The molecule has 32 heavy (non-hydrogen) atoms. The fourth-order valence-corrected chi connectivity index (χ4v) is 4.00. The van der Waals surface area contributed by atoms with Crippen LogP contribution >= 0.6 is 0 Å². The molecule has 0 bridgehead atoms. The van der Waals surface area contributed by atoms with Crippen molar-refractivity contribution in [3.8, 4) is 17.0 Å². The zero-order chi connectivity index (χ0) is 23.3. The molecular weight excluding hydrogens is 427 g/mol. The number of hydrogen-bond donors (Lipinski definition) is 2. The molecular formula is C21H24F3N5O3. The molecule has 0 spiro atoms. The molecule has 1 aromatic carbocycles. The molecule has 0 radical (unpaired) electrons. The van der Waals surface area contributed by atoms with Crippen molar-refractivity contribution in [3.63, 3.8) is 0 Å². The number of phenolic OH excluding ortho intramolecular Hbond substituents is 1. The Morgan fingerprint density at radius 3 is 2.72 bits per heavy atom. The number of aromatic nitrogens is 2. The summed E-state index contributed by atoms with van der Waals surface area (Å²) >= 11 is 0. The topological polar surface area (TPSA) is 90.8 Å². The minimum atomic E-state index is -2.80. The number of phenols is 1. The number of ether oxygens (including phenoxy) is 1. The van der Waals surface area contributed by atoms with Crippen molar-refractivity contribution in [2.24, 2.45) is 0 Å². The minimum absolute atomic E-state index is 0.0981. The molecule has 2 aliphatic heterocycles. The Bertz CT molecular complexity index is 1050. The van der Waals surface area contributed by atoms with Crippen molar-refractivity contribution in [1.29, 1.82) is 0 Å². The Labute approximate surface area is 183 Å². The maximum atomic E-state index is 14.5. The van der Waals surface area contributed by atoms with E-state index in [0.29, 0.717) is 11.5 Å². The highest BCUT2D eigenvalue weighted by atomic mass is 19.3. The molecule has 2 aromatic rings. The number of benzene rings is 1. The van der Waals surface area contributed by atoms with Crippen LogP contribution in [-0.2, 0) is 4.74 Å². The summed E-state index contributed by atoms with van der Waals surface area (Å²) in [4.78, 5) is 15.3. The van der Waals surface area contributed by atoms with E-state index in [4.69, 9.17) is 4.74 Å². The third-order valence-electron chi connectivity index (χ3n) is 5.54. The van der Waals surface area contributed by atoms with Gasteiger partial charge in [0.1, 0.15) is 11.1 Å². The molecule has 0 unspecified atom stereocenters. The fourth-order valence-electron chi connectivity index (χ4n) is 4.00. The lowest BCUT2D eigenvalue weighted by molar-refractivity contribution is -0.0100. The number of para-hydroxylation sites is 1. The zero-order valence-corrected chi connectivity index (χ0v) is 17.9. The van der Waals surface area contributed by atoms with Crippen LogP contribution < -0.4 is 10.2 Å². The Morgan fingerprint density at radius 1 is 1.28 bits per heavy atom. The molecule has 2 N–H and O–H groups in total. The van der Waals surface area contributed by atoms with Gasteiger partial charge in [-0.3, -0.25) is 0 Å². The number of piperazine rings is 1. The first kappa shape index (κ1) is 22.0. The highest BCUT2D eigenvalue weighted by Crippen LogP contribution is 2.42. The number of anilines is 2. The first-order chi connectivity index (χ1) is 15.0. The summed E-state index contributed by atoms with van der Waals surface area (Å²) in [6.45, 7) is 5.01. The van der Waals surface area contributed by atoms with Crippen LogP contribution in [0.2, 0.25) is 0 Å². The average molecular weight is 451 g/mol. The van der Waals surface area contributed by atoms with Gasteiger partial charge in [0.05, 0.1) is 17.9 Å². The molecule has 1 fully saturated rings. The van der Waals surface area contributed by atoms with Gasteiger partial charge in [0, 0.05) is 25.2 Å². The summed E-state index contributed by atoms with van der Waals surface area (Å²) in [6.07, 6.45) is -3.45. The normalized spacial score (nSPS) is 20.5. The van der Waals surface area contributed by atoms with Gasteiger partial charge in [0.2, 0.25) is 0 Å². The second-order valence-electron chi connectivity index (χ2n) is 8.91. The SMILES string of the molecule is CC(C)(C)OC(=O)N1CCN2c3cc(-c4cccc(F)c4O)nnc3NC[C@]2(C(F)F)C1. The van der Waals surface area contributed by atoms with Crippen molar-refractivity contribution in [1.82, 2.24) is 15.1 Å². The van der Waals surface area contributed by atoms with Crippen molar-refractivity contribution >= 4 is 17.6 Å². The molecule has 1 saturated heterocycles. The van der Waals surface area contributed by atoms with E-state index in [2.05, 4.69) is 15.5 Å². The number of carbonyl (C=O) groups is 1. The lowest BCUT2D eigenvalue weighted by Crippen LogP contribution is -2.71. The van der Waals surface area contributed by atoms with Crippen LogP contribution in [-0.4, -0.2) is 70.0 Å². The van der Waals surface area contributed by atoms with Gasteiger partial charge in [0.15, 0.2) is 17.4 Å². The van der Waals surface area contributed by atoms with Gasteiger partial charge >= 0.3 is 6.09 Å². The second kappa shape index (κ2) is 7.72. The van der Waals surface area contributed by atoms with Crippen LogP contribution in [0.3, 0.4) is 0 Å². The van der Waals surface area contributed by atoms with Gasteiger partial charge < -0.3 is 25.0 Å². The predicted octanol–water partition coefficient (Wildman–Crippen LogP) is 3.47. The van der Waals surface area contributed by atoms with Gasteiger partial charge in [-0.25, -0.2) is 18.0 Å². The van der Waals surface area contributed by atoms with Crippen molar-refractivity contribution in [3.05, 3.63) is 30.1 Å². The predicted molar refractivity (Wildman–Crippen MR) is 111 cm³/mol. The molecule has 3 heterocycles. The summed E-state index contributed by atoms with van der Waals surface area (Å²) in [7, 11) is 0. The highest BCUT2D eigenvalue weighted by molar-refractivity contribution is 5.78. The molecule has 1 atom stereocenters. The zero-order valence-electron chi connectivity index (χ0n) is 17.9. The number of carbonyl (C=O) groups excluding carboxylic acids is 1. The minimum Gasteiger partial charge on any atom is -0.504 e. The van der Waals surface area contributed by atoms with Crippen LogP contribution in [0.5, 0.6) is 5.75 Å². The number of nitrogens with one attached hydrogen (secondary N) is 1. The van der Waals surface area contributed by atoms with Gasteiger partial charge in [-0.15, -0.1) is 10.2 Å². The lowest BCUT2D eigenvalue weighted by atomic mass is 9.91. The fraction of sp³-hybridized carbons (Fsp3) is 0.476. The van der Waals surface area contributed by atoms with Crippen LogP contribution in [0.4, 0.5) is 29.5 Å². The standard InChI is InChI=1S/C21H24F3N5O3/c1-20(2,3)32-19(31)28-7-8-29-15-9-14(12-5-4-6-13(22)16(12)30)26-27-17(15)25-10-21(29,11-28)18(23)24/h4-6,9,18,30H,7-8,10-11H2,1-3H3,(H,25,27)/t21-/m1/s1. The van der Waals surface area contributed by atoms with Gasteiger partial charge in [0.25, 0.3) is 6.43 Å². The number of nitrogens with zero attached hydrogens (tertiary/aromatic N) is 4. The summed E-state index contributed by atoms with van der Waals surface area (Å²) in [6, 6.07) is 5.46. The van der Waals surface area contributed by atoms with Crippen LogP contribution in [0, 0.1) is 5.82 Å². The quantitative estimate of drug-likeness (QED) is 0.723.